The first kappa shape index (κ1) is 14.3. The summed E-state index contributed by atoms with van der Waals surface area (Å²) in [6.45, 7) is 0.773. The monoisotopic (exact) mass is 312 g/mol. The number of nitrogens with one attached hydrogen (secondary N) is 3. The molecule has 0 spiro atoms. The van der Waals surface area contributed by atoms with E-state index in [-0.39, 0.29) is 10.6 Å². The number of sulfonamides is 1. The van der Waals surface area contributed by atoms with Crippen molar-refractivity contribution in [2.24, 2.45) is 0 Å². The molecule has 114 valence electrons. The van der Waals surface area contributed by atoms with Gasteiger partial charge in [0.1, 0.15) is 0 Å². The average Bonchev–Trinajstić information content (AvgIpc) is 3.01. The fourth-order valence-corrected chi connectivity index (χ4v) is 3.95. The Labute approximate surface area is 120 Å². The SMILES string of the molecule is CN([C@H]1CNC[C@@H]1O)S(=O)(=O)c1ccc2[nH]c(=O)[nH]c2c1. The summed E-state index contributed by atoms with van der Waals surface area (Å²) in [7, 11) is -2.30. The van der Waals surface area contributed by atoms with Crippen molar-refractivity contribution in [3.8, 4) is 0 Å². The number of likely N-dealkylation sites (N-methyl/N-ethyl adjacent to an activating group) is 1. The third-order valence-corrected chi connectivity index (χ3v) is 5.66. The molecule has 0 saturated carbocycles. The Morgan fingerprint density at radius 3 is 2.62 bits per heavy atom. The number of aromatic nitrogens is 2. The van der Waals surface area contributed by atoms with Gasteiger partial charge in [0.05, 0.1) is 28.1 Å². The average molecular weight is 312 g/mol. The lowest BCUT2D eigenvalue weighted by Crippen LogP contribution is -2.44. The number of aromatic amines is 2. The van der Waals surface area contributed by atoms with E-state index in [1.54, 1.807) is 0 Å². The van der Waals surface area contributed by atoms with Crippen LogP contribution in [0.3, 0.4) is 0 Å². The molecule has 0 aliphatic carbocycles. The van der Waals surface area contributed by atoms with Crippen LogP contribution in [0.1, 0.15) is 0 Å². The second kappa shape index (κ2) is 4.95. The van der Waals surface area contributed by atoms with E-state index in [1.165, 1.54) is 29.6 Å². The Hall–Kier alpha value is -1.68. The Bertz CT molecular complexity index is 825. The number of benzene rings is 1. The van der Waals surface area contributed by atoms with Gasteiger partial charge in [0.15, 0.2) is 0 Å². The number of aliphatic hydroxyl groups excluding tert-OH is 1. The largest absolute Gasteiger partial charge is 0.390 e. The van der Waals surface area contributed by atoms with Gasteiger partial charge in [-0.25, -0.2) is 13.2 Å². The van der Waals surface area contributed by atoms with Crippen LogP contribution in [0.2, 0.25) is 0 Å². The molecule has 21 heavy (non-hydrogen) atoms. The highest BCUT2D eigenvalue weighted by Crippen LogP contribution is 2.21. The van der Waals surface area contributed by atoms with Crippen LogP contribution in [0, 0.1) is 0 Å². The zero-order valence-electron chi connectivity index (χ0n) is 11.3. The summed E-state index contributed by atoms with van der Waals surface area (Å²) >= 11 is 0. The van der Waals surface area contributed by atoms with Gasteiger partial charge in [-0.3, -0.25) is 0 Å². The van der Waals surface area contributed by atoms with Crippen LogP contribution in [-0.2, 0) is 10.0 Å². The molecule has 1 aliphatic rings. The molecule has 2 aromatic rings. The number of H-pyrrole nitrogens is 2. The number of fused-ring (bicyclic) bond motifs is 1. The van der Waals surface area contributed by atoms with Gasteiger partial charge in [-0.05, 0) is 18.2 Å². The molecule has 0 amide bonds. The minimum atomic E-state index is -3.74. The van der Waals surface area contributed by atoms with Gasteiger partial charge in [0.2, 0.25) is 10.0 Å². The Balaban J connectivity index is 2.00. The number of hydrogen-bond donors (Lipinski definition) is 4. The van der Waals surface area contributed by atoms with E-state index >= 15 is 0 Å². The molecule has 1 fully saturated rings. The van der Waals surface area contributed by atoms with Crippen LogP contribution in [0.5, 0.6) is 0 Å². The summed E-state index contributed by atoms with van der Waals surface area (Å²) < 4.78 is 26.4. The molecule has 0 bridgehead atoms. The molecular formula is C12H16N4O4S. The standard InChI is InChI=1S/C12H16N4O4S/c1-16(10-5-13-6-11(10)17)21(19,20)7-2-3-8-9(4-7)15-12(18)14-8/h2-4,10-11,13,17H,5-6H2,1H3,(H2,14,15,18)/t10-,11-/m0/s1. The van der Waals surface area contributed by atoms with Crippen molar-refractivity contribution in [1.82, 2.24) is 19.6 Å². The maximum atomic E-state index is 12.6. The lowest BCUT2D eigenvalue weighted by atomic mass is 10.2. The summed E-state index contributed by atoms with van der Waals surface area (Å²) in [4.78, 5) is 16.4. The van der Waals surface area contributed by atoms with Gasteiger partial charge < -0.3 is 20.4 Å². The fraction of sp³-hybridized carbons (Fsp3) is 0.417. The molecule has 0 radical (unpaired) electrons. The van der Waals surface area contributed by atoms with E-state index < -0.39 is 22.2 Å². The van der Waals surface area contributed by atoms with E-state index in [0.29, 0.717) is 24.1 Å². The molecule has 1 aromatic carbocycles. The van der Waals surface area contributed by atoms with Gasteiger partial charge in [-0.15, -0.1) is 0 Å². The third-order valence-electron chi connectivity index (χ3n) is 3.78. The Kier molecular flexibility index (Phi) is 3.36. The van der Waals surface area contributed by atoms with E-state index in [0.717, 1.165) is 0 Å². The molecule has 0 unspecified atom stereocenters. The van der Waals surface area contributed by atoms with Crippen LogP contribution in [0.25, 0.3) is 11.0 Å². The topological polar surface area (TPSA) is 118 Å². The minimum Gasteiger partial charge on any atom is -0.390 e. The van der Waals surface area contributed by atoms with Gasteiger partial charge in [0.25, 0.3) is 0 Å². The maximum absolute atomic E-state index is 12.6. The zero-order valence-corrected chi connectivity index (χ0v) is 12.1. The molecule has 4 N–H and O–H groups in total. The van der Waals surface area contributed by atoms with Crippen LogP contribution in [0.4, 0.5) is 0 Å². The second-order valence-corrected chi connectivity index (χ2v) is 7.10. The Morgan fingerprint density at radius 1 is 1.24 bits per heavy atom. The molecule has 2 atom stereocenters. The number of rotatable bonds is 3. The smallest absolute Gasteiger partial charge is 0.323 e. The number of imidazole rings is 1. The molecule has 1 saturated heterocycles. The first-order chi connectivity index (χ1) is 9.89. The Morgan fingerprint density at radius 2 is 1.95 bits per heavy atom. The van der Waals surface area contributed by atoms with Crippen molar-refractivity contribution in [3.05, 3.63) is 28.7 Å². The van der Waals surface area contributed by atoms with E-state index in [1.807, 2.05) is 0 Å². The maximum Gasteiger partial charge on any atom is 0.323 e. The van der Waals surface area contributed by atoms with Gasteiger partial charge in [-0.2, -0.15) is 4.31 Å². The predicted molar refractivity (Wildman–Crippen MR) is 76.5 cm³/mol. The summed E-state index contributed by atoms with van der Waals surface area (Å²) in [6, 6.07) is 3.88. The van der Waals surface area contributed by atoms with Crippen LogP contribution >= 0.6 is 0 Å². The third kappa shape index (κ3) is 2.38. The van der Waals surface area contributed by atoms with Crippen molar-refractivity contribution in [3.63, 3.8) is 0 Å². The second-order valence-electron chi connectivity index (χ2n) is 5.10. The van der Waals surface area contributed by atoms with Crippen molar-refractivity contribution in [2.75, 3.05) is 20.1 Å². The number of β-amino-alcohol motifs (C(OH)–C–C–N with tert-alkyl or cyclic N) is 1. The summed E-state index contributed by atoms with van der Waals surface area (Å²) in [5.74, 6) is 0. The lowest BCUT2D eigenvalue weighted by molar-refractivity contribution is 0.136. The highest BCUT2D eigenvalue weighted by Gasteiger charge is 2.35. The summed E-state index contributed by atoms with van der Waals surface area (Å²) in [5.41, 5.74) is 0.590. The highest BCUT2D eigenvalue weighted by molar-refractivity contribution is 7.89. The predicted octanol–water partition coefficient (Wildman–Crippen LogP) is -1.19. The lowest BCUT2D eigenvalue weighted by Gasteiger charge is -2.25. The molecule has 1 aromatic heterocycles. The van der Waals surface area contributed by atoms with E-state index in [4.69, 9.17) is 0 Å². The van der Waals surface area contributed by atoms with E-state index in [2.05, 4.69) is 15.3 Å². The quantitative estimate of drug-likeness (QED) is 0.568. The van der Waals surface area contributed by atoms with Crippen molar-refractivity contribution in [2.45, 2.75) is 17.0 Å². The first-order valence-electron chi connectivity index (χ1n) is 6.48. The van der Waals surface area contributed by atoms with Crippen molar-refractivity contribution < 1.29 is 13.5 Å². The first-order valence-corrected chi connectivity index (χ1v) is 7.92. The summed E-state index contributed by atoms with van der Waals surface area (Å²) in [6.07, 6.45) is -0.736. The minimum absolute atomic E-state index is 0.0758. The summed E-state index contributed by atoms with van der Waals surface area (Å²) in [5, 5.41) is 12.8. The molecule has 8 nitrogen and oxygen atoms in total. The van der Waals surface area contributed by atoms with Crippen LogP contribution in [0.15, 0.2) is 27.9 Å². The number of nitrogens with zero attached hydrogens (tertiary/aromatic N) is 1. The van der Waals surface area contributed by atoms with Gasteiger partial charge in [0, 0.05) is 20.1 Å². The van der Waals surface area contributed by atoms with Gasteiger partial charge in [-0.1, -0.05) is 0 Å². The van der Waals surface area contributed by atoms with Gasteiger partial charge >= 0.3 is 5.69 Å². The zero-order chi connectivity index (χ0) is 15.2. The molecular weight excluding hydrogens is 296 g/mol. The molecule has 9 heteroatoms. The fourth-order valence-electron chi connectivity index (χ4n) is 2.54. The molecule has 3 rings (SSSR count). The van der Waals surface area contributed by atoms with Crippen molar-refractivity contribution in [1.29, 1.82) is 0 Å². The molecule has 2 heterocycles. The highest BCUT2D eigenvalue weighted by atomic mass is 32.2. The number of hydrogen-bond acceptors (Lipinski definition) is 5. The van der Waals surface area contributed by atoms with Crippen LogP contribution in [-0.4, -0.2) is 60.1 Å². The van der Waals surface area contributed by atoms with Crippen LogP contribution < -0.4 is 11.0 Å². The normalized spacial score (nSPS) is 23.2. The molecule has 1 aliphatic heterocycles. The van der Waals surface area contributed by atoms with E-state index in [9.17, 15) is 18.3 Å². The van der Waals surface area contributed by atoms with Crippen molar-refractivity contribution >= 4 is 21.1 Å². The number of aliphatic hydroxyl groups is 1.